The van der Waals surface area contributed by atoms with Crippen LogP contribution in [0.15, 0.2) is 0 Å². The van der Waals surface area contributed by atoms with E-state index in [2.05, 4.69) is 47.9 Å². The zero-order valence-corrected chi connectivity index (χ0v) is 51.8. The van der Waals surface area contributed by atoms with Crippen molar-refractivity contribution in [2.75, 3.05) is 19.7 Å². The number of hydrogen-bond donors (Lipinski definition) is 11. The molecule has 82 heavy (non-hydrogen) atoms. The predicted octanol–water partition coefficient (Wildman–Crippen LogP) is 0.290. The van der Waals surface area contributed by atoms with E-state index in [0.29, 0.717) is 19.3 Å². The van der Waals surface area contributed by atoms with E-state index in [-0.39, 0.29) is 81.4 Å². The van der Waals surface area contributed by atoms with Crippen LogP contribution in [0, 0.1) is 29.6 Å². The zero-order chi connectivity index (χ0) is 62.9. The first-order valence-corrected chi connectivity index (χ1v) is 29.0. The van der Waals surface area contributed by atoms with Crippen molar-refractivity contribution in [3.8, 4) is 0 Å². The van der Waals surface area contributed by atoms with Gasteiger partial charge >= 0.3 is 0 Å². The Morgan fingerprint density at radius 3 is 1.15 bits per heavy atom. The van der Waals surface area contributed by atoms with Gasteiger partial charge in [0.25, 0.3) is 0 Å². The summed E-state index contributed by atoms with van der Waals surface area (Å²) in [4.78, 5) is 166. The molecule has 0 aromatic rings. The molecule has 2 rings (SSSR count). The molecule has 2 aliphatic rings. The average molecular weight is 1160 g/mol. The Balaban J connectivity index is 2.31. The number of aliphatic hydroxyl groups is 1. The van der Waals surface area contributed by atoms with Gasteiger partial charge < -0.3 is 68.5 Å². The number of nitrogens with one attached hydrogen (secondary N) is 9. The summed E-state index contributed by atoms with van der Waals surface area (Å²) < 4.78 is 0. The second-order valence-electron chi connectivity index (χ2n) is 25.8. The highest BCUT2D eigenvalue weighted by atomic mass is 16.3. The van der Waals surface area contributed by atoms with Gasteiger partial charge in [-0.3, -0.25) is 57.5 Å². The van der Waals surface area contributed by atoms with Crippen LogP contribution < -0.4 is 53.6 Å². The first-order valence-electron chi connectivity index (χ1n) is 29.0. The second-order valence-corrected chi connectivity index (χ2v) is 25.8. The van der Waals surface area contributed by atoms with E-state index >= 15 is 0 Å². The summed E-state index contributed by atoms with van der Waals surface area (Å²) in [7, 11) is 0. The highest BCUT2D eigenvalue weighted by molar-refractivity contribution is 6.01. The van der Waals surface area contributed by atoms with Crippen molar-refractivity contribution in [2.24, 2.45) is 35.3 Å². The predicted molar refractivity (Wildman–Crippen MR) is 307 cm³/mol. The molecule has 0 bridgehead atoms. The van der Waals surface area contributed by atoms with E-state index < -0.39 is 142 Å². The molecule has 2 aliphatic heterocycles. The van der Waals surface area contributed by atoms with Crippen LogP contribution in [0.5, 0.6) is 0 Å². The van der Waals surface area contributed by atoms with E-state index in [1.807, 2.05) is 55.4 Å². The summed E-state index contributed by atoms with van der Waals surface area (Å²) in [5.74, 6) is -8.80. The third-order valence-corrected chi connectivity index (χ3v) is 14.3. The second kappa shape index (κ2) is 31.3. The highest BCUT2D eigenvalue weighted by Crippen LogP contribution is 2.25. The molecule has 0 spiro atoms. The molecule has 0 saturated carbocycles. The summed E-state index contributed by atoms with van der Waals surface area (Å²) in [5.41, 5.74) is 0.768. The molecule has 8 atom stereocenters. The number of aliphatic hydroxyl groups excluding tert-OH is 1. The van der Waals surface area contributed by atoms with Gasteiger partial charge in [0.2, 0.25) is 70.9 Å². The van der Waals surface area contributed by atoms with Crippen LogP contribution in [0.25, 0.3) is 0 Å². The average Bonchev–Trinajstić information content (AvgIpc) is 4.17. The number of likely N-dealkylation sites (tertiary alicyclic amines) is 2. The lowest BCUT2D eigenvalue weighted by molar-refractivity contribution is -0.146. The van der Waals surface area contributed by atoms with Crippen molar-refractivity contribution in [1.82, 2.24) is 57.7 Å². The molecule has 0 unspecified atom stereocenters. The van der Waals surface area contributed by atoms with Gasteiger partial charge in [-0.2, -0.15) is 0 Å². The summed E-state index contributed by atoms with van der Waals surface area (Å²) in [6.07, 6.45) is 1.44. The smallest absolute Gasteiger partial charge is 0.248 e. The third-order valence-electron chi connectivity index (χ3n) is 14.3. The Hall–Kier alpha value is -6.40. The number of rotatable bonds is 31. The molecular weight excluding hydrogens is 1060 g/mol. The minimum absolute atomic E-state index is 0.0535. The molecule has 12 amide bonds. The van der Waals surface area contributed by atoms with Gasteiger partial charge in [0.05, 0.1) is 19.1 Å². The van der Waals surface area contributed by atoms with Crippen LogP contribution in [0.1, 0.15) is 175 Å². The van der Waals surface area contributed by atoms with Gasteiger partial charge in [-0.25, -0.2) is 0 Å². The molecule has 0 aliphatic carbocycles. The lowest BCUT2D eigenvalue weighted by Crippen LogP contribution is -2.64. The van der Waals surface area contributed by atoms with Crippen LogP contribution >= 0.6 is 0 Å². The molecule has 0 radical (unpaired) electrons. The molecule has 0 aromatic heterocycles. The molecule has 0 aromatic carbocycles. The first-order chi connectivity index (χ1) is 37.7. The van der Waals surface area contributed by atoms with Gasteiger partial charge in [0, 0.05) is 20.0 Å². The molecular formula is C57H100N12O13. The molecule has 2 heterocycles. The molecule has 25 heteroatoms. The van der Waals surface area contributed by atoms with Crippen molar-refractivity contribution >= 4 is 70.9 Å². The number of carbonyl (C=O) groups is 12. The Kier molecular flexibility index (Phi) is 27.4. The van der Waals surface area contributed by atoms with Crippen LogP contribution in [0.2, 0.25) is 0 Å². The minimum atomic E-state index is -1.66. The van der Waals surface area contributed by atoms with Crippen LogP contribution in [0.3, 0.4) is 0 Å². The standard InChI is InChI=1S/C57H100N12O13/c1-30(2)24-36(59-47(75)40(28-44(58)72)64-52(80)55(12,13)65-35(11)71)45(73)60-38(26-32(5)6)48(76)66-56(14,15)53(81)68-22-18-20-42(68)50(78)62-37(25-31(3)4)46(74)61-39(27-33(7)8)49(77)67-57(16,17)54(82)69-23-19-21-43(69)51(79)63-41(29-70)34(9)10/h30-34,36-43,70H,18-29H2,1-17H3,(H2,58,72)(H,59,75)(H,60,73)(H,61,74)(H,62,78)(H,63,79)(H,64,80)(H,65,71)(H,66,76)(H,67,77)/t36-,37-,38-,39+,40-,41-,42-,43+/m1/s1. The summed E-state index contributed by atoms with van der Waals surface area (Å²) in [6, 6.07) is -8.73. The van der Waals surface area contributed by atoms with Crippen LogP contribution in [0.4, 0.5) is 0 Å². The molecule has 25 nitrogen and oxygen atoms in total. The number of carbonyl (C=O) groups excluding carboxylic acids is 12. The van der Waals surface area contributed by atoms with Crippen molar-refractivity contribution in [3.63, 3.8) is 0 Å². The number of nitrogens with zero attached hydrogens (tertiary/aromatic N) is 2. The fourth-order valence-electron chi connectivity index (χ4n) is 10.0. The Bertz CT molecular complexity index is 2300. The number of primary amides is 1. The van der Waals surface area contributed by atoms with Gasteiger partial charge in [-0.05, 0) is 122 Å². The van der Waals surface area contributed by atoms with Gasteiger partial charge in [-0.15, -0.1) is 0 Å². The molecule has 466 valence electrons. The van der Waals surface area contributed by atoms with Gasteiger partial charge in [0.15, 0.2) is 0 Å². The maximum Gasteiger partial charge on any atom is 0.248 e. The zero-order valence-electron chi connectivity index (χ0n) is 51.8. The lowest BCUT2D eigenvalue weighted by Gasteiger charge is -2.35. The van der Waals surface area contributed by atoms with Crippen molar-refractivity contribution in [3.05, 3.63) is 0 Å². The number of hydrogen-bond acceptors (Lipinski definition) is 13. The molecule has 12 N–H and O–H groups in total. The van der Waals surface area contributed by atoms with Crippen molar-refractivity contribution in [1.29, 1.82) is 0 Å². The van der Waals surface area contributed by atoms with Crippen molar-refractivity contribution in [2.45, 2.75) is 240 Å². The number of nitrogens with two attached hydrogens (primary N) is 1. The normalized spacial score (nSPS) is 18.0. The summed E-state index contributed by atoms with van der Waals surface area (Å²) >= 11 is 0. The number of amides is 12. The molecule has 2 fully saturated rings. The van der Waals surface area contributed by atoms with Crippen LogP contribution in [-0.4, -0.2) is 170 Å². The maximum absolute atomic E-state index is 14.5. The maximum atomic E-state index is 14.5. The Morgan fingerprint density at radius 1 is 0.476 bits per heavy atom. The SMILES string of the molecule is CC(=O)NC(C)(C)C(=O)N[C@H](CC(N)=O)C(=O)N[C@H](CC(C)C)C(=O)N[C@H](CC(C)C)C(=O)NC(C)(C)C(=O)N1CCC[C@@H]1C(=O)N[C@H](CC(C)C)C(=O)N[C@@H](CC(C)C)C(=O)NC(C)(C)C(=O)N1CCC[C@H]1C(=O)N[C@H](CO)C(C)C. The fourth-order valence-corrected chi connectivity index (χ4v) is 10.0. The monoisotopic (exact) mass is 1160 g/mol. The molecule has 2 saturated heterocycles. The Morgan fingerprint density at radius 2 is 0.817 bits per heavy atom. The van der Waals surface area contributed by atoms with Gasteiger partial charge in [-0.1, -0.05) is 69.2 Å². The largest absolute Gasteiger partial charge is 0.394 e. The topological polar surface area (TPSA) is 366 Å². The minimum Gasteiger partial charge on any atom is -0.394 e. The van der Waals surface area contributed by atoms with Crippen LogP contribution in [-0.2, 0) is 57.5 Å². The Labute approximate surface area is 485 Å². The summed E-state index contributed by atoms with van der Waals surface area (Å²) in [5, 5.41) is 34.1. The van der Waals surface area contributed by atoms with E-state index in [1.165, 1.54) is 58.3 Å². The van der Waals surface area contributed by atoms with E-state index in [4.69, 9.17) is 5.73 Å². The lowest BCUT2D eigenvalue weighted by atomic mass is 9.97. The van der Waals surface area contributed by atoms with Gasteiger partial charge in [0.1, 0.15) is 58.9 Å². The summed E-state index contributed by atoms with van der Waals surface area (Å²) in [6.45, 7) is 28.5. The van der Waals surface area contributed by atoms with E-state index in [0.717, 1.165) is 0 Å². The highest BCUT2D eigenvalue weighted by Gasteiger charge is 2.46. The first kappa shape index (κ1) is 71.7. The van der Waals surface area contributed by atoms with E-state index in [1.54, 1.807) is 13.8 Å². The fraction of sp³-hybridized carbons (Fsp3) is 0.789. The quantitative estimate of drug-likeness (QED) is 0.0445. The van der Waals surface area contributed by atoms with Crippen molar-refractivity contribution < 1.29 is 62.6 Å². The third kappa shape index (κ3) is 22.1. The van der Waals surface area contributed by atoms with E-state index in [9.17, 15) is 62.6 Å².